The molecular formula is C21H20ClN3O2S2. The maximum Gasteiger partial charge on any atom is 0.237 e. The summed E-state index contributed by atoms with van der Waals surface area (Å²) in [4.78, 5) is 13.3. The van der Waals surface area contributed by atoms with Gasteiger partial charge < -0.3 is 4.74 Å². The van der Waals surface area contributed by atoms with Crippen LogP contribution in [-0.4, -0.2) is 29.3 Å². The summed E-state index contributed by atoms with van der Waals surface area (Å²) >= 11 is 9.20. The van der Waals surface area contributed by atoms with E-state index in [-0.39, 0.29) is 5.91 Å². The predicted octanol–water partition coefficient (Wildman–Crippen LogP) is 5.17. The van der Waals surface area contributed by atoms with Gasteiger partial charge >= 0.3 is 0 Å². The molecule has 1 aliphatic rings. The zero-order valence-corrected chi connectivity index (χ0v) is 18.0. The van der Waals surface area contributed by atoms with E-state index in [1.165, 1.54) is 16.9 Å². The Balaban J connectivity index is 1.47. The van der Waals surface area contributed by atoms with Crippen LogP contribution in [-0.2, 0) is 20.7 Å². The third-order valence-electron chi connectivity index (χ3n) is 4.99. The zero-order valence-electron chi connectivity index (χ0n) is 15.6. The third-order valence-corrected chi connectivity index (χ3v) is 7.27. The van der Waals surface area contributed by atoms with Crippen molar-refractivity contribution in [1.82, 2.24) is 10.2 Å². The Kier molecular flexibility index (Phi) is 6.50. The van der Waals surface area contributed by atoms with Crippen LogP contribution in [0.3, 0.4) is 0 Å². The lowest BCUT2D eigenvalue weighted by molar-refractivity contribution is -0.125. The Hall–Kier alpha value is -1.93. The number of hydrogen-bond acceptors (Lipinski definition) is 6. The molecule has 1 fully saturated rings. The van der Waals surface area contributed by atoms with E-state index in [0.717, 1.165) is 15.7 Å². The molecule has 150 valence electrons. The summed E-state index contributed by atoms with van der Waals surface area (Å²) in [7, 11) is 0. The van der Waals surface area contributed by atoms with Crippen molar-refractivity contribution in [3.05, 3.63) is 70.7 Å². The fourth-order valence-corrected chi connectivity index (χ4v) is 5.30. The Morgan fingerprint density at radius 3 is 2.69 bits per heavy atom. The molecule has 2 heterocycles. The molecule has 1 N–H and O–H groups in total. The molecule has 0 saturated carbocycles. The molecule has 3 aromatic rings. The molecule has 2 aromatic carbocycles. The zero-order chi connectivity index (χ0) is 20.1. The average molecular weight is 446 g/mol. The second-order valence-electron chi connectivity index (χ2n) is 6.81. The predicted molar refractivity (Wildman–Crippen MR) is 118 cm³/mol. The second kappa shape index (κ2) is 9.26. The highest BCUT2D eigenvalue weighted by Gasteiger charge is 2.42. The number of nitrogens with zero attached hydrogens (tertiary/aromatic N) is 2. The summed E-state index contributed by atoms with van der Waals surface area (Å²) < 4.78 is 6.34. The maximum absolute atomic E-state index is 13.3. The van der Waals surface area contributed by atoms with Crippen LogP contribution in [0.5, 0.6) is 0 Å². The number of ether oxygens (including phenoxy) is 1. The van der Waals surface area contributed by atoms with Gasteiger partial charge in [-0.3, -0.25) is 10.1 Å². The van der Waals surface area contributed by atoms with E-state index in [0.29, 0.717) is 36.2 Å². The molecule has 4 rings (SSSR count). The molecule has 0 unspecified atom stereocenters. The molecule has 5 nitrogen and oxygen atoms in total. The smallest absolute Gasteiger partial charge is 0.237 e. The minimum atomic E-state index is -0.674. The van der Waals surface area contributed by atoms with Gasteiger partial charge in [-0.1, -0.05) is 77.2 Å². The van der Waals surface area contributed by atoms with E-state index in [1.54, 1.807) is 11.8 Å². The van der Waals surface area contributed by atoms with E-state index in [4.69, 9.17) is 16.3 Å². The Morgan fingerprint density at radius 1 is 1.14 bits per heavy atom. The largest absolute Gasteiger partial charge is 0.381 e. The van der Waals surface area contributed by atoms with Crippen molar-refractivity contribution >= 4 is 45.7 Å². The second-order valence-corrected chi connectivity index (χ2v) is 9.44. The molecular weight excluding hydrogens is 426 g/mol. The minimum absolute atomic E-state index is 0.0844. The van der Waals surface area contributed by atoms with Crippen molar-refractivity contribution < 1.29 is 9.53 Å². The summed E-state index contributed by atoms with van der Waals surface area (Å²) in [6.07, 6.45) is 1.21. The van der Waals surface area contributed by atoms with E-state index in [9.17, 15) is 4.79 Å². The number of hydrogen-bond donors (Lipinski definition) is 1. The standard InChI is InChI=1S/C21H20ClN3O2S2/c22-17-8-4-7-16(13-17)21(9-11-27-12-10-21)18(26)23-19-24-25-20(29-19)28-14-15-5-2-1-3-6-15/h1-8,13H,9-12,14H2,(H,23,24,26). The summed E-state index contributed by atoms with van der Waals surface area (Å²) in [6.45, 7) is 1.07. The summed E-state index contributed by atoms with van der Waals surface area (Å²) in [5, 5.41) is 12.5. The van der Waals surface area contributed by atoms with Crippen LogP contribution >= 0.6 is 34.7 Å². The molecule has 1 amide bonds. The molecule has 1 aliphatic heterocycles. The van der Waals surface area contributed by atoms with Gasteiger partial charge in [0, 0.05) is 24.0 Å². The number of anilines is 1. The van der Waals surface area contributed by atoms with Gasteiger partial charge in [0.15, 0.2) is 4.34 Å². The highest BCUT2D eigenvalue weighted by atomic mass is 35.5. The summed E-state index contributed by atoms with van der Waals surface area (Å²) in [6, 6.07) is 17.7. The highest BCUT2D eigenvalue weighted by Crippen LogP contribution is 2.38. The first-order valence-electron chi connectivity index (χ1n) is 9.31. The number of amides is 1. The van der Waals surface area contributed by atoms with Crippen LogP contribution in [0.1, 0.15) is 24.0 Å². The number of benzene rings is 2. The van der Waals surface area contributed by atoms with Crippen molar-refractivity contribution in [2.75, 3.05) is 18.5 Å². The van der Waals surface area contributed by atoms with Crippen LogP contribution < -0.4 is 5.32 Å². The Bertz CT molecular complexity index is 975. The van der Waals surface area contributed by atoms with Gasteiger partial charge in [0.1, 0.15) is 0 Å². The van der Waals surface area contributed by atoms with Crippen LogP contribution in [0.15, 0.2) is 58.9 Å². The van der Waals surface area contributed by atoms with Crippen molar-refractivity contribution in [3.8, 4) is 0 Å². The van der Waals surface area contributed by atoms with Gasteiger partial charge in [0.05, 0.1) is 5.41 Å². The van der Waals surface area contributed by atoms with Crippen LogP contribution in [0, 0.1) is 0 Å². The SMILES string of the molecule is O=C(Nc1nnc(SCc2ccccc2)s1)C1(c2cccc(Cl)c2)CCOCC1. The molecule has 0 aliphatic carbocycles. The van der Waals surface area contributed by atoms with Crippen LogP contribution in [0.2, 0.25) is 5.02 Å². The van der Waals surface area contributed by atoms with Gasteiger partial charge in [-0.15, -0.1) is 10.2 Å². The molecule has 0 bridgehead atoms. The van der Waals surface area contributed by atoms with E-state index in [2.05, 4.69) is 27.6 Å². The van der Waals surface area contributed by atoms with Gasteiger partial charge in [0.2, 0.25) is 11.0 Å². The highest BCUT2D eigenvalue weighted by molar-refractivity contribution is 8.00. The third kappa shape index (κ3) is 4.80. The van der Waals surface area contributed by atoms with E-state index >= 15 is 0 Å². The number of rotatable bonds is 6. The number of carbonyl (C=O) groups excluding carboxylic acids is 1. The molecule has 1 saturated heterocycles. The fraction of sp³-hybridized carbons (Fsp3) is 0.286. The topological polar surface area (TPSA) is 64.1 Å². The molecule has 8 heteroatoms. The first-order valence-corrected chi connectivity index (χ1v) is 11.5. The van der Waals surface area contributed by atoms with Gasteiger partial charge in [-0.2, -0.15) is 0 Å². The number of aromatic nitrogens is 2. The normalized spacial score (nSPS) is 15.8. The molecule has 0 atom stereocenters. The number of carbonyl (C=O) groups is 1. The molecule has 29 heavy (non-hydrogen) atoms. The van der Waals surface area contributed by atoms with Gasteiger partial charge in [-0.05, 0) is 36.1 Å². The van der Waals surface area contributed by atoms with Crippen molar-refractivity contribution in [1.29, 1.82) is 0 Å². The van der Waals surface area contributed by atoms with Crippen molar-refractivity contribution in [3.63, 3.8) is 0 Å². The number of halogens is 1. The molecule has 1 aromatic heterocycles. The Labute approximate surface area is 182 Å². The van der Waals surface area contributed by atoms with Crippen LogP contribution in [0.25, 0.3) is 0 Å². The first-order chi connectivity index (χ1) is 14.2. The quantitative estimate of drug-likeness (QED) is 0.418. The lowest BCUT2D eigenvalue weighted by Gasteiger charge is -2.36. The number of nitrogens with one attached hydrogen (secondary N) is 1. The Morgan fingerprint density at radius 2 is 1.93 bits per heavy atom. The van der Waals surface area contributed by atoms with Crippen molar-refractivity contribution in [2.24, 2.45) is 0 Å². The van der Waals surface area contributed by atoms with Crippen LogP contribution in [0.4, 0.5) is 5.13 Å². The maximum atomic E-state index is 13.3. The monoisotopic (exact) mass is 445 g/mol. The minimum Gasteiger partial charge on any atom is -0.381 e. The number of thioether (sulfide) groups is 1. The average Bonchev–Trinajstić information content (AvgIpc) is 3.21. The van der Waals surface area contributed by atoms with E-state index in [1.807, 2.05) is 42.5 Å². The lowest BCUT2D eigenvalue weighted by atomic mass is 9.73. The fourth-order valence-electron chi connectivity index (χ4n) is 3.41. The molecule has 0 radical (unpaired) electrons. The molecule has 0 spiro atoms. The lowest BCUT2D eigenvalue weighted by Crippen LogP contribution is -2.44. The van der Waals surface area contributed by atoms with Crippen molar-refractivity contribution in [2.45, 2.75) is 28.3 Å². The summed E-state index contributed by atoms with van der Waals surface area (Å²) in [5.74, 6) is 0.728. The summed E-state index contributed by atoms with van der Waals surface area (Å²) in [5.41, 5.74) is 1.46. The van der Waals surface area contributed by atoms with Gasteiger partial charge in [0.25, 0.3) is 0 Å². The van der Waals surface area contributed by atoms with E-state index < -0.39 is 5.41 Å². The first kappa shape index (κ1) is 20.3. The van der Waals surface area contributed by atoms with Gasteiger partial charge in [-0.25, -0.2) is 0 Å².